The molecule has 1 aromatic carbocycles. The Morgan fingerprint density at radius 3 is 2.77 bits per heavy atom. The van der Waals surface area contributed by atoms with Crippen molar-refractivity contribution in [3.05, 3.63) is 59.4 Å². The lowest BCUT2D eigenvalue weighted by Crippen LogP contribution is -2.43. The summed E-state index contributed by atoms with van der Waals surface area (Å²) in [5.74, 6) is -0.167. The molecule has 1 heterocycles. The van der Waals surface area contributed by atoms with E-state index in [0.717, 1.165) is 28.7 Å². The van der Waals surface area contributed by atoms with Gasteiger partial charge in [-0.05, 0) is 37.0 Å². The van der Waals surface area contributed by atoms with Crippen LogP contribution in [0.25, 0.3) is 0 Å². The molecule has 3 rings (SSSR count). The summed E-state index contributed by atoms with van der Waals surface area (Å²) in [6.45, 7) is 3.45. The first-order valence-electron chi connectivity index (χ1n) is 10.2. The van der Waals surface area contributed by atoms with Crippen LogP contribution in [0.5, 0.6) is 0 Å². The molecule has 0 bridgehead atoms. The number of fused-ring (bicyclic) bond motifs is 1. The Labute approximate surface area is 186 Å². The molecule has 2 aliphatic rings. The zero-order valence-electron chi connectivity index (χ0n) is 17.7. The predicted octanol–water partition coefficient (Wildman–Crippen LogP) is 3.11. The van der Waals surface area contributed by atoms with Crippen LogP contribution in [0.4, 0.5) is 0 Å². The maximum atomic E-state index is 12.9. The van der Waals surface area contributed by atoms with Crippen LogP contribution < -0.4 is 5.32 Å². The number of carbonyl (C=O) groups is 3. The SMILES string of the molecule is CC(=O)SC[C@@H](CC1=CCC2OCOC2=C1)C(=O)N[C@@H](C)C(=O)OCc1ccccc1. The third-order valence-electron chi connectivity index (χ3n) is 5.01. The highest BCUT2D eigenvalue weighted by Gasteiger charge is 2.29. The Morgan fingerprint density at radius 1 is 1.26 bits per heavy atom. The maximum Gasteiger partial charge on any atom is 0.328 e. The number of rotatable bonds is 9. The lowest BCUT2D eigenvalue weighted by Gasteiger charge is -2.21. The fourth-order valence-corrected chi connectivity index (χ4v) is 4.00. The van der Waals surface area contributed by atoms with Crippen molar-refractivity contribution in [2.24, 2.45) is 5.92 Å². The molecule has 0 radical (unpaired) electrons. The molecule has 1 aliphatic carbocycles. The number of ether oxygens (including phenoxy) is 3. The summed E-state index contributed by atoms with van der Waals surface area (Å²) >= 11 is 1.10. The van der Waals surface area contributed by atoms with Crippen molar-refractivity contribution in [2.45, 2.75) is 45.4 Å². The molecule has 1 saturated heterocycles. The van der Waals surface area contributed by atoms with Gasteiger partial charge in [0.05, 0.1) is 5.92 Å². The lowest BCUT2D eigenvalue weighted by atomic mass is 9.94. The highest BCUT2D eigenvalue weighted by molar-refractivity contribution is 8.13. The van der Waals surface area contributed by atoms with Crippen molar-refractivity contribution in [3.8, 4) is 0 Å². The maximum absolute atomic E-state index is 12.9. The zero-order chi connectivity index (χ0) is 22.2. The second-order valence-corrected chi connectivity index (χ2v) is 8.70. The van der Waals surface area contributed by atoms with Crippen LogP contribution in [-0.2, 0) is 35.2 Å². The second-order valence-electron chi connectivity index (χ2n) is 7.51. The molecule has 1 aromatic rings. The van der Waals surface area contributed by atoms with Gasteiger partial charge in [-0.1, -0.05) is 48.2 Å². The molecular weight excluding hydrogens is 418 g/mol. The number of esters is 1. The van der Waals surface area contributed by atoms with Crippen molar-refractivity contribution >= 4 is 28.8 Å². The fourth-order valence-electron chi connectivity index (χ4n) is 3.29. The molecule has 1 fully saturated rings. The Bertz CT molecular complexity index is 866. The number of benzene rings is 1. The van der Waals surface area contributed by atoms with Crippen molar-refractivity contribution in [1.82, 2.24) is 5.32 Å². The van der Waals surface area contributed by atoms with Crippen molar-refractivity contribution in [2.75, 3.05) is 12.5 Å². The quantitative estimate of drug-likeness (QED) is 0.584. The number of amides is 1. The summed E-state index contributed by atoms with van der Waals surface area (Å²) in [7, 11) is 0. The van der Waals surface area contributed by atoms with Gasteiger partial charge >= 0.3 is 5.97 Å². The van der Waals surface area contributed by atoms with Crippen LogP contribution in [-0.4, -0.2) is 41.7 Å². The smallest absolute Gasteiger partial charge is 0.328 e. The van der Waals surface area contributed by atoms with Gasteiger partial charge in [-0.3, -0.25) is 9.59 Å². The van der Waals surface area contributed by atoms with Crippen LogP contribution in [0.15, 0.2) is 53.8 Å². The van der Waals surface area contributed by atoms with E-state index in [4.69, 9.17) is 14.2 Å². The summed E-state index contributed by atoms with van der Waals surface area (Å²) in [6.07, 6.45) is 5.01. The van der Waals surface area contributed by atoms with Gasteiger partial charge in [0, 0.05) is 12.7 Å². The second kappa shape index (κ2) is 11.2. The molecular formula is C23H27NO6S. The van der Waals surface area contributed by atoms with Gasteiger partial charge in [0.15, 0.2) is 11.9 Å². The van der Waals surface area contributed by atoms with E-state index in [9.17, 15) is 14.4 Å². The van der Waals surface area contributed by atoms with E-state index in [1.165, 1.54) is 6.92 Å². The summed E-state index contributed by atoms with van der Waals surface area (Å²) in [6, 6.07) is 8.55. The summed E-state index contributed by atoms with van der Waals surface area (Å²) in [5, 5.41) is 2.68. The van der Waals surface area contributed by atoms with Gasteiger partial charge < -0.3 is 19.5 Å². The standard InChI is InChI=1S/C23H27NO6S/c1-15(23(27)28-12-17-6-4-3-5-7-17)24-22(26)19(13-31-16(2)25)10-18-8-9-20-21(11-18)30-14-29-20/h3-8,11,15,19-20H,9-10,12-14H2,1-2H3,(H,24,26)/t15-,19+,20?/m0/s1. The van der Waals surface area contributed by atoms with Crippen LogP contribution in [0.3, 0.4) is 0 Å². The monoisotopic (exact) mass is 445 g/mol. The van der Waals surface area contributed by atoms with Crippen molar-refractivity contribution < 1.29 is 28.6 Å². The van der Waals surface area contributed by atoms with Crippen LogP contribution >= 0.6 is 11.8 Å². The minimum atomic E-state index is -0.796. The topological polar surface area (TPSA) is 90.9 Å². The third-order valence-corrected chi connectivity index (χ3v) is 5.99. The highest BCUT2D eigenvalue weighted by atomic mass is 32.2. The number of thioether (sulfide) groups is 1. The van der Waals surface area contributed by atoms with Gasteiger partial charge in [-0.2, -0.15) is 0 Å². The van der Waals surface area contributed by atoms with Gasteiger partial charge in [0.25, 0.3) is 0 Å². The molecule has 3 atom stereocenters. The molecule has 1 amide bonds. The number of carbonyl (C=O) groups excluding carboxylic acids is 3. The largest absolute Gasteiger partial charge is 0.469 e. The highest BCUT2D eigenvalue weighted by Crippen LogP contribution is 2.30. The van der Waals surface area contributed by atoms with E-state index >= 15 is 0 Å². The molecule has 0 saturated carbocycles. The average Bonchev–Trinajstić information content (AvgIpc) is 3.23. The van der Waals surface area contributed by atoms with Crippen molar-refractivity contribution in [1.29, 1.82) is 0 Å². The normalized spacial score (nSPS) is 19.2. The Morgan fingerprint density at radius 2 is 2.03 bits per heavy atom. The van der Waals surface area contributed by atoms with Crippen LogP contribution in [0.2, 0.25) is 0 Å². The Hall–Kier alpha value is -2.58. The first-order chi connectivity index (χ1) is 14.9. The Kier molecular flexibility index (Phi) is 8.31. The van der Waals surface area contributed by atoms with Gasteiger partial charge in [-0.25, -0.2) is 4.79 Å². The first kappa shape index (κ1) is 23.1. The Balaban J connectivity index is 1.56. The van der Waals surface area contributed by atoms with E-state index in [2.05, 4.69) is 5.32 Å². The van der Waals surface area contributed by atoms with Gasteiger partial charge in [-0.15, -0.1) is 0 Å². The molecule has 1 unspecified atom stereocenters. The fraction of sp³-hybridized carbons (Fsp3) is 0.435. The van der Waals surface area contributed by atoms with E-state index in [-0.39, 0.29) is 30.5 Å². The summed E-state index contributed by atoms with van der Waals surface area (Å²) < 4.78 is 16.2. The van der Waals surface area contributed by atoms with E-state index in [0.29, 0.717) is 18.6 Å². The molecule has 1 N–H and O–H groups in total. The summed E-state index contributed by atoms with van der Waals surface area (Å²) in [5.41, 5.74) is 1.83. The molecule has 31 heavy (non-hydrogen) atoms. The van der Waals surface area contributed by atoms with Crippen molar-refractivity contribution in [3.63, 3.8) is 0 Å². The number of hydrogen-bond donors (Lipinski definition) is 1. The number of hydrogen-bond acceptors (Lipinski definition) is 7. The van der Waals surface area contributed by atoms with Gasteiger partial charge in [0.2, 0.25) is 5.91 Å². The lowest BCUT2D eigenvalue weighted by molar-refractivity contribution is -0.148. The minimum absolute atomic E-state index is 0.0537. The van der Waals surface area contributed by atoms with Gasteiger partial charge in [0.1, 0.15) is 24.5 Å². The van der Waals surface area contributed by atoms with Crippen LogP contribution in [0.1, 0.15) is 32.3 Å². The molecule has 1 aliphatic heterocycles. The predicted molar refractivity (Wildman–Crippen MR) is 117 cm³/mol. The van der Waals surface area contributed by atoms with E-state index in [1.54, 1.807) is 6.92 Å². The average molecular weight is 446 g/mol. The molecule has 8 heteroatoms. The zero-order valence-corrected chi connectivity index (χ0v) is 18.5. The summed E-state index contributed by atoms with van der Waals surface area (Å²) in [4.78, 5) is 36.7. The number of allylic oxidation sites excluding steroid dienone is 2. The molecule has 166 valence electrons. The number of nitrogens with one attached hydrogen (secondary N) is 1. The molecule has 7 nitrogen and oxygen atoms in total. The molecule has 0 aromatic heterocycles. The van der Waals surface area contributed by atoms with E-state index < -0.39 is 17.9 Å². The minimum Gasteiger partial charge on any atom is -0.469 e. The molecule has 0 spiro atoms. The first-order valence-corrected chi connectivity index (χ1v) is 11.2. The third kappa shape index (κ3) is 6.97. The van der Waals surface area contributed by atoms with E-state index in [1.807, 2.05) is 42.5 Å². The van der Waals surface area contributed by atoms with Crippen LogP contribution in [0, 0.1) is 5.92 Å².